The smallest absolute Gasteiger partial charge is 0.251 e. The van der Waals surface area contributed by atoms with Crippen LogP contribution >= 0.6 is 0 Å². The molecule has 2 N–H and O–H groups in total. The van der Waals surface area contributed by atoms with Crippen LogP contribution in [0.25, 0.3) is 0 Å². The van der Waals surface area contributed by atoms with Crippen LogP contribution in [-0.2, 0) is 15.6 Å². The van der Waals surface area contributed by atoms with Crippen molar-refractivity contribution in [3.8, 4) is 0 Å². The van der Waals surface area contributed by atoms with Crippen LogP contribution in [0.2, 0.25) is 0 Å². The summed E-state index contributed by atoms with van der Waals surface area (Å²) in [5.41, 5.74) is -1.35. The van der Waals surface area contributed by atoms with Crippen LogP contribution in [0.3, 0.4) is 0 Å². The maximum absolute atomic E-state index is 11.1. The van der Waals surface area contributed by atoms with Crippen molar-refractivity contribution in [2.45, 2.75) is 26.4 Å². The molecule has 0 aromatic carbocycles. The number of nitrogens with one attached hydrogen (secondary N) is 1. The summed E-state index contributed by atoms with van der Waals surface area (Å²) in [7, 11) is -0.867. The van der Waals surface area contributed by atoms with Crippen LogP contribution in [0.1, 0.15) is 20.8 Å². The van der Waals surface area contributed by atoms with Crippen LogP contribution in [0.15, 0.2) is 0 Å². The van der Waals surface area contributed by atoms with Crippen molar-refractivity contribution < 1.29 is 14.1 Å². The zero-order valence-electron chi connectivity index (χ0n) is 8.29. The standard InChI is InChI=1S/C8H17NO3S/c1-4-13(12)6-5-9-7(10)8(2,3)11/h11H,4-6H2,1-3H3,(H,9,10). The molecule has 0 aromatic heterocycles. The first-order valence-electron chi connectivity index (χ1n) is 4.23. The molecule has 0 fully saturated rings. The maximum atomic E-state index is 11.1. The molecule has 0 radical (unpaired) electrons. The van der Waals surface area contributed by atoms with Gasteiger partial charge >= 0.3 is 0 Å². The third-order valence-corrected chi connectivity index (χ3v) is 2.80. The van der Waals surface area contributed by atoms with Gasteiger partial charge in [0, 0.05) is 28.9 Å². The summed E-state index contributed by atoms with van der Waals surface area (Å²) in [5.74, 6) is 0.608. The minimum Gasteiger partial charge on any atom is -0.381 e. The highest BCUT2D eigenvalue weighted by molar-refractivity contribution is 7.84. The molecule has 1 amide bonds. The molecule has 0 aliphatic carbocycles. The molecule has 4 nitrogen and oxygen atoms in total. The number of amides is 1. The fourth-order valence-electron chi connectivity index (χ4n) is 0.639. The van der Waals surface area contributed by atoms with E-state index in [0.717, 1.165) is 0 Å². The van der Waals surface area contributed by atoms with E-state index < -0.39 is 22.3 Å². The topological polar surface area (TPSA) is 66.4 Å². The van der Waals surface area contributed by atoms with E-state index in [1.54, 1.807) is 0 Å². The molecule has 0 bridgehead atoms. The highest BCUT2D eigenvalue weighted by atomic mass is 32.2. The highest BCUT2D eigenvalue weighted by Crippen LogP contribution is 1.99. The van der Waals surface area contributed by atoms with Crippen molar-refractivity contribution in [3.63, 3.8) is 0 Å². The summed E-state index contributed by atoms with van der Waals surface area (Å²) in [6.07, 6.45) is 0. The lowest BCUT2D eigenvalue weighted by Gasteiger charge is -2.16. The van der Waals surface area contributed by atoms with E-state index in [9.17, 15) is 14.1 Å². The summed E-state index contributed by atoms with van der Waals surface area (Å²) < 4.78 is 10.9. The zero-order chi connectivity index (χ0) is 10.5. The van der Waals surface area contributed by atoms with Gasteiger partial charge in [-0.05, 0) is 13.8 Å². The number of carbonyl (C=O) groups excluding carboxylic acids is 1. The third-order valence-electron chi connectivity index (χ3n) is 1.49. The first-order valence-corrected chi connectivity index (χ1v) is 5.72. The largest absolute Gasteiger partial charge is 0.381 e. The van der Waals surface area contributed by atoms with Gasteiger partial charge < -0.3 is 10.4 Å². The average Bonchev–Trinajstić information content (AvgIpc) is 2.02. The van der Waals surface area contributed by atoms with Gasteiger partial charge in [-0.2, -0.15) is 0 Å². The molecule has 13 heavy (non-hydrogen) atoms. The van der Waals surface area contributed by atoms with E-state index in [1.165, 1.54) is 13.8 Å². The summed E-state index contributed by atoms with van der Waals surface area (Å²) in [4.78, 5) is 11.1. The Morgan fingerprint density at radius 3 is 2.46 bits per heavy atom. The molecule has 78 valence electrons. The first-order chi connectivity index (χ1) is 5.88. The van der Waals surface area contributed by atoms with Gasteiger partial charge in [-0.1, -0.05) is 6.92 Å². The van der Waals surface area contributed by atoms with Gasteiger partial charge in [0.2, 0.25) is 0 Å². The van der Waals surface area contributed by atoms with E-state index in [1.807, 2.05) is 6.92 Å². The minimum absolute atomic E-state index is 0.350. The van der Waals surface area contributed by atoms with Gasteiger partial charge in [0.15, 0.2) is 0 Å². The second kappa shape index (κ2) is 5.34. The van der Waals surface area contributed by atoms with Gasteiger partial charge in [-0.3, -0.25) is 9.00 Å². The molecule has 0 rings (SSSR count). The second-order valence-electron chi connectivity index (χ2n) is 3.25. The molecule has 0 aliphatic heterocycles. The van der Waals surface area contributed by atoms with Crippen LogP contribution in [-0.4, -0.2) is 38.9 Å². The van der Waals surface area contributed by atoms with Gasteiger partial charge in [0.05, 0.1) is 0 Å². The van der Waals surface area contributed by atoms with Gasteiger partial charge in [0.1, 0.15) is 5.60 Å². The quantitative estimate of drug-likeness (QED) is 0.647. The van der Waals surface area contributed by atoms with Crippen molar-refractivity contribution in [3.05, 3.63) is 0 Å². The highest BCUT2D eigenvalue weighted by Gasteiger charge is 2.22. The Morgan fingerprint density at radius 2 is 2.08 bits per heavy atom. The number of hydrogen-bond acceptors (Lipinski definition) is 3. The number of aliphatic hydroxyl groups is 1. The molecular weight excluding hydrogens is 190 g/mol. The Morgan fingerprint density at radius 1 is 1.54 bits per heavy atom. The van der Waals surface area contributed by atoms with Crippen molar-refractivity contribution in [2.24, 2.45) is 0 Å². The summed E-state index contributed by atoms with van der Waals surface area (Å²) in [6, 6.07) is 0. The van der Waals surface area contributed by atoms with Crippen molar-refractivity contribution in [1.82, 2.24) is 5.32 Å². The first kappa shape index (κ1) is 12.6. The molecule has 0 spiro atoms. The molecule has 0 saturated carbocycles. The van der Waals surface area contributed by atoms with Gasteiger partial charge in [-0.25, -0.2) is 0 Å². The Hall–Kier alpha value is -0.420. The second-order valence-corrected chi connectivity index (χ2v) is 5.11. The fourth-order valence-corrected chi connectivity index (χ4v) is 1.26. The van der Waals surface area contributed by atoms with Crippen molar-refractivity contribution in [1.29, 1.82) is 0 Å². The van der Waals surface area contributed by atoms with Crippen LogP contribution in [0, 0.1) is 0 Å². The molecule has 0 heterocycles. The summed E-state index contributed by atoms with van der Waals surface area (Å²) in [6.45, 7) is 5.01. The lowest BCUT2D eigenvalue weighted by Crippen LogP contribution is -2.43. The van der Waals surface area contributed by atoms with E-state index >= 15 is 0 Å². The minimum atomic E-state index is -1.35. The van der Waals surface area contributed by atoms with Crippen LogP contribution in [0.5, 0.6) is 0 Å². The monoisotopic (exact) mass is 207 g/mol. The summed E-state index contributed by atoms with van der Waals surface area (Å²) in [5, 5.41) is 11.7. The lowest BCUT2D eigenvalue weighted by atomic mass is 10.1. The zero-order valence-corrected chi connectivity index (χ0v) is 9.11. The van der Waals surface area contributed by atoms with Crippen LogP contribution < -0.4 is 5.32 Å². The average molecular weight is 207 g/mol. The van der Waals surface area contributed by atoms with E-state index in [2.05, 4.69) is 5.32 Å². The molecule has 0 aromatic rings. The molecule has 1 atom stereocenters. The molecular formula is C8H17NO3S. The van der Waals surface area contributed by atoms with Gasteiger partial charge in [0.25, 0.3) is 5.91 Å². The number of rotatable bonds is 5. The van der Waals surface area contributed by atoms with E-state index in [0.29, 0.717) is 18.1 Å². The normalized spacial score (nSPS) is 13.8. The van der Waals surface area contributed by atoms with Crippen LogP contribution in [0.4, 0.5) is 0 Å². The van der Waals surface area contributed by atoms with Crippen molar-refractivity contribution in [2.75, 3.05) is 18.1 Å². The van der Waals surface area contributed by atoms with E-state index in [-0.39, 0.29) is 0 Å². The van der Waals surface area contributed by atoms with Crippen molar-refractivity contribution >= 4 is 16.7 Å². The number of carbonyl (C=O) groups is 1. The SMILES string of the molecule is CCS(=O)CCNC(=O)C(C)(C)O. The Bertz CT molecular complexity index is 198. The lowest BCUT2D eigenvalue weighted by molar-refractivity contribution is -0.136. The fraction of sp³-hybridized carbons (Fsp3) is 0.875. The summed E-state index contributed by atoms with van der Waals surface area (Å²) >= 11 is 0. The predicted molar refractivity (Wildman–Crippen MR) is 52.9 cm³/mol. The molecule has 0 saturated heterocycles. The maximum Gasteiger partial charge on any atom is 0.251 e. The Kier molecular flexibility index (Phi) is 5.17. The molecule has 5 heteroatoms. The number of hydrogen-bond donors (Lipinski definition) is 2. The van der Waals surface area contributed by atoms with Gasteiger partial charge in [-0.15, -0.1) is 0 Å². The molecule has 0 aliphatic rings. The Balaban J connectivity index is 3.67. The predicted octanol–water partition coefficient (Wildman–Crippen LogP) is -0.358. The third kappa shape index (κ3) is 5.76. The Labute approximate surface area is 81.2 Å². The van der Waals surface area contributed by atoms with E-state index in [4.69, 9.17) is 0 Å². The molecule has 1 unspecified atom stereocenters.